The van der Waals surface area contributed by atoms with Crippen molar-refractivity contribution in [3.05, 3.63) is 23.9 Å². The number of fused-ring (bicyclic) bond motifs is 1. The number of nitrogens with one attached hydrogen (secondary N) is 1. The molecule has 2 nitrogen and oxygen atoms in total. The van der Waals surface area contributed by atoms with Gasteiger partial charge in [-0.15, -0.1) is 0 Å². The van der Waals surface area contributed by atoms with E-state index in [4.69, 9.17) is 0 Å². The van der Waals surface area contributed by atoms with E-state index in [2.05, 4.69) is 30.2 Å². The monoisotopic (exact) mass is 162 g/mol. The summed E-state index contributed by atoms with van der Waals surface area (Å²) in [4.78, 5) is 4.27. The lowest BCUT2D eigenvalue weighted by Crippen LogP contribution is -2.31. The highest BCUT2D eigenvalue weighted by molar-refractivity contribution is 5.46. The maximum absolute atomic E-state index is 4.27. The molecule has 0 saturated heterocycles. The zero-order valence-electron chi connectivity index (χ0n) is 7.59. The number of pyridine rings is 1. The van der Waals surface area contributed by atoms with Crippen LogP contribution in [0.1, 0.15) is 19.4 Å². The molecule has 2 heterocycles. The maximum Gasteiger partial charge on any atom is 0.129 e. The highest BCUT2D eigenvalue weighted by Crippen LogP contribution is 2.29. The van der Waals surface area contributed by atoms with Crippen molar-refractivity contribution in [2.75, 3.05) is 11.9 Å². The summed E-state index contributed by atoms with van der Waals surface area (Å²) in [6.07, 6.45) is 2.97. The molecule has 2 rings (SSSR count). The van der Waals surface area contributed by atoms with Gasteiger partial charge in [-0.2, -0.15) is 0 Å². The van der Waals surface area contributed by atoms with Crippen molar-refractivity contribution >= 4 is 5.82 Å². The Bertz CT molecular complexity index is 292. The molecule has 0 aromatic carbocycles. The molecule has 0 aliphatic carbocycles. The quantitative estimate of drug-likeness (QED) is 0.631. The second-order valence-electron chi connectivity index (χ2n) is 4.21. The number of anilines is 1. The van der Waals surface area contributed by atoms with Crippen molar-refractivity contribution in [1.29, 1.82) is 0 Å². The van der Waals surface area contributed by atoms with Gasteiger partial charge in [0.05, 0.1) is 0 Å². The Balaban J connectivity index is 2.35. The fourth-order valence-corrected chi connectivity index (χ4v) is 1.64. The summed E-state index contributed by atoms with van der Waals surface area (Å²) in [7, 11) is 0. The molecule has 64 valence electrons. The van der Waals surface area contributed by atoms with Gasteiger partial charge >= 0.3 is 0 Å². The van der Waals surface area contributed by atoms with Crippen molar-refractivity contribution in [3.63, 3.8) is 0 Å². The first kappa shape index (κ1) is 7.59. The van der Waals surface area contributed by atoms with E-state index in [1.807, 2.05) is 12.3 Å². The molecule has 0 bridgehead atoms. The average molecular weight is 162 g/mol. The zero-order chi connectivity index (χ0) is 8.60. The Morgan fingerprint density at radius 2 is 2.33 bits per heavy atom. The van der Waals surface area contributed by atoms with Gasteiger partial charge in [-0.05, 0) is 23.5 Å². The van der Waals surface area contributed by atoms with Crippen LogP contribution in [0.5, 0.6) is 0 Å². The molecule has 1 aromatic heterocycles. The number of rotatable bonds is 0. The van der Waals surface area contributed by atoms with E-state index in [1.165, 1.54) is 5.56 Å². The third kappa shape index (κ3) is 1.29. The Morgan fingerprint density at radius 1 is 1.50 bits per heavy atom. The van der Waals surface area contributed by atoms with Gasteiger partial charge in [0.1, 0.15) is 5.82 Å². The van der Waals surface area contributed by atoms with E-state index < -0.39 is 0 Å². The van der Waals surface area contributed by atoms with E-state index in [0.29, 0.717) is 5.41 Å². The van der Waals surface area contributed by atoms with Gasteiger partial charge in [-0.3, -0.25) is 0 Å². The summed E-state index contributed by atoms with van der Waals surface area (Å²) < 4.78 is 0. The molecule has 1 aliphatic heterocycles. The van der Waals surface area contributed by atoms with Crippen molar-refractivity contribution in [1.82, 2.24) is 4.98 Å². The van der Waals surface area contributed by atoms with Gasteiger partial charge in [0.25, 0.3) is 0 Å². The SMILES string of the molecule is CC1(C)CNc2ncccc2C1. The van der Waals surface area contributed by atoms with Crippen LogP contribution in [0.4, 0.5) is 5.82 Å². The van der Waals surface area contributed by atoms with E-state index in [9.17, 15) is 0 Å². The third-order valence-electron chi connectivity index (χ3n) is 2.29. The van der Waals surface area contributed by atoms with Crippen LogP contribution in [0.3, 0.4) is 0 Å². The normalized spacial score (nSPS) is 19.5. The number of hydrogen-bond donors (Lipinski definition) is 1. The lowest BCUT2D eigenvalue weighted by atomic mass is 9.83. The van der Waals surface area contributed by atoms with Crippen molar-refractivity contribution in [3.8, 4) is 0 Å². The molecule has 0 spiro atoms. The third-order valence-corrected chi connectivity index (χ3v) is 2.29. The molecular formula is C10H14N2. The second kappa shape index (κ2) is 2.47. The minimum atomic E-state index is 0.371. The standard InChI is InChI=1S/C10H14N2/c1-10(2)6-8-4-3-5-11-9(8)12-7-10/h3-5H,6-7H2,1-2H3,(H,11,12). The summed E-state index contributed by atoms with van der Waals surface area (Å²) in [5, 5.41) is 3.34. The Labute approximate surface area is 73.0 Å². The van der Waals surface area contributed by atoms with Crippen LogP contribution in [0.2, 0.25) is 0 Å². The van der Waals surface area contributed by atoms with Gasteiger partial charge < -0.3 is 5.32 Å². The molecule has 2 heteroatoms. The predicted molar refractivity (Wildman–Crippen MR) is 50.2 cm³/mol. The number of aromatic nitrogens is 1. The highest BCUT2D eigenvalue weighted by atomic mass is 15.0. The fraction of sp³-hybridized carbons (Fsp3) is 0.500. The predicted octanol–water partition coefficient (Wildman–Crippen LogP) is 2.08. The molecule has 1 N–H and O–H groups in total. The van der Waals surface area contributed by atoms with E-state index in [0.717, 1.165) is 18.8 Å². The van der Waals surface area contributed by atoms with Crippen LogP contribution >= 0.6 is 0 Å². The first-order valence-corrected chi connectivity index (χ1v) is 4.35. The second-order valence-corrected chi connectivity index (χ2v) is 4.21. The number of hydrogen-bond acceptors (Lipinski definition) is 2. The van der Waals surface area contributed by atoms with E-state index in [-0.39, 0.29) is 0 Å². The first-order chi connectivity index (χ1) is 5.67. The molecule has 0 atom stereocenters. The molecule has 1 aliphatic rings. The Hall–Kier alpha value is -1.05. The largest absolute Gasteiger partial charge is 0.369 e. The first-order valence-electron chi connectivity index (χ1n) is 4.35. The highest BCUT2D eigenvalue weighted by Gasteiger charge is 2.24. The van der Waals surface area contributed by atoms with Gasteiger partial charge in [-0.25, -0.2) is 4.98 Å². The van der Waals surface area contributed by atoms with Crippen LogP contribution in [0, 0.1) is 5.41 Å². The summed E-state index contributed by atoms with van der Waals surface area (Å²) in [5.74, 6) is 1.07. The molecule has 0 saturated carbocycles. The molecule has 1 aromatic rings. The minimum absolute atomic E-state index is 0.371. The van der Waals surface area contributed by atoms with Gasteiger partial charge in [0, 0.05) is 12.7 Å². The van der Waals surface area contributed by atoms with Crippen molar-refractivity contribution in [2.24, 2.45) is 5.41 Å². The van der Waals surface area contributed by atoms with Gasteiger partial charge in [0.15, 0.2) is 0 Å². The average Bonchev–Trinajstić information content (AvgIpc) is 2.02. The Morgan fingerprint density at radius 3 is 3.17 bits per heavy atom. The fourth-order valence-electron chi connectivity index (χ4n) is 1.64. The van der Waals surface area contributed by atoms with E-state index in [1.54, 1.807) is 0 Å². The van der Waals surface area contributed by atoms with Gasteiger partial charge in [-0.1, -0.05) is 19.9 Å². The van der Waals surface area contributed by atoms with Crippen molar-refractivity contribution in [2.45, 2.75) is 20.3 Å². The molecule has 0 radical (unpaired) electrons. The van der Waals surface area contributed by atoms with Crippen molar-refractivity contribution < 1.29 is 0 Å². The summed E-state index contributed by atoms with van der Waals surface area (Å²) >= 11 is 0. The van der Waals surface area contributed by atoms with Crippen LogP contribution in [0.15, 0.2) is 18.3 Å². The van der Waals surface area contributed by atoms with Crippen LogP contribution in [0.25, 0.3) is 0 Å². The molecular weight excluding hydrogens is 148 g/mol. The smallest absolute Gasteiger partial charge is 0.129 e. The lowest BCUT2D eigenvalue weighted by Gasteiger charge is -2.31. The lowest BCUT2D eigenvalue weighted by molar-refractivity contribution is 0.377. The minimum Gasteiger partial charge on any atom is -0.369 e. The zero-order valence-corrected chi connectivity index (χ0v) is 7.59. The Kier molecular flexibility index (Phi) is 1.56. The summed E-state index contributed by atoms with van der Waals surface area (Å²) in [6.45, 7) is 5.57. The van der Waals surface area contributed by atoms with Crippen LogP contribution in [-0.2, 0) is 6.42 Å². The maximum atomic E-state index is 4.27. The van der Waals surface area contributed by atoms with Gasteiger partial charge in [0.2, 0.25) is 0 Å². The summed E-state index contributed by atoms with van der Waals surface area (Å²) in [5.41, 5.74) is 1.71. The molecule has 0 unspecified atom stereocenters. The van der Waals surface area contributed by atoms with E-state index >= 15 is 0 Å². The van der Waals surface area contributed by atoms with Crippen LogP contribution in [-0.4, -0.2) is 11.5 Å². The topological polar surface area (TPSA) is 24.9 Å². The molecule has 0 amide bonds. The molecule has 12 heavy (non-hydrogen) atoms. The summed E-state index contributed by atoms with van der Waals surface area (Å²) in [6, 6.07) is 4.15. The molecule has 0 fully saturated rings. The number of nitrogens with zero attached hydrogens (tertiary/aromatic N) is 1. The van der Waals surface area contributed by atoms with Crippen LogP contribution < -0.4 is 5.32 Å².